The van der Waals surface area contributed by atoms with E-state index in [0.717, 1.165) is 6.61 Å². The second-order valence-electron chi connectivity index (χ2n) is 4.28. The number of hydrogen-bond donors (Lipinski definition) is 0. The van der Waals surface area contributed by atoms with E-state index in [4.69, 9.17) is 4.43 Å². The molecule has 80 valence electrons. The van der Waals surface area contributed by atoms with Crippen molar-refractivity contribution in [2.75, 3.05) is 6.61 Å². The van der Waals surface area contributed by atoms with E-state index < -0.39 is 8.32 Å². The van der Waals surface area contributed by atoms with E-state index in [1.807, 2.05) is 0 Å². The van der Waals surface area contributed by atoms with Crippen LogP contribution in [0.15, 0.2) is 42.1 Å². The molecule has 2 heteroatoms. The Balaban J connectivity index is 2.38. The highest BCUT2D eigenvalue weighted by molar-refractivity contribution is 6.92. The van der Waals surface area contributed by atoms with E-state index >= 15 is 0 Å². The van der Waals surface area contributed by atoms with Gasteiger partial charge in [-0.1, -0.05) is 41.9 Å². The largest absolute Gasteiger partial charge is 0.408 e. The fourth-order valence-corrected chi connectivity index (χ4v) is 6.05. The fourth-order valence-electron chi connectivity index (χ4n) is 2.31. The lowest BCUT2D eigenvalue weighted by atomic mass is 10.3. The molecule has 1 aromatic rings. The highest BCUT2D eigenvalue weighted by Gasteiger charge is 2.39. The zero-order valence-corrected chi connectivity index (χ0v) is 10.3. The van der Waals surface area contributed by atoms with Gasteiger partial charge in [0.15, 0.2) is 0 Å². The highest BCUT2D eigenvalue weighted by atomic mass is 28.4. The van der Waals surface area contributed by atoms with Crippen molar-refractivity contribution >= 4 is 13.5 Å². The third kappa shape index (κ3) is 1.92. The highest BCUT2D eigenvalue weighted by Crippen LogP contribution is 2.27. The molecule has 1 aliphatic rings. The quantitative estimate of drug-likeness (QED) is 0.694. The Morgan fingerprint density at radius 2 is 2.00 bits per heavy atom. The summed E-state index contributed by atoms with van der Waals surface area (Å²) in [6.07, 6.45) is 2.49. The van der Waals surface area contributed by atoms with Crippen LogP contribution in [0.2, 0.25) is 6.04 Å². The molecule has 1 fully saturated rings. The minimum absolute atomic E-state index is 0.911. The molecule has 1 unspecified atom stereocenters. The molecule has 1 aliphatic heterocycles. The Bertz CT molecular complexity index is 339. The predicted molar refractivity (Wildman–Crippen MR) is 66.6 cm³/mol. The Kier molecular flexibility index (Phi) is 3.07. The summed E-state index contributed by atoms with van der Waals surface area (Å²) in [5, 5.41) is 2.64. The SMILES string of the molecule is C=C(C)[Si]1(c2ccccc2)CCCCO1. The monoisotopic (exact) mass is 218 g/mol. The van der Waals surface area contributed by atoms with Crippen LogP contribution in [-0.4, -0.2) is 14.9 Å². The van der Waals surface area contributed by atoms with Gasteiger partial charge in [0.05, 0.1) is 0 Å². The molecule has 0 saturated carbocycles. The van der Waals surface area contributed by atoms with E-state index in [9.17, 15) is 0 Å². The molecule has 15 heavy (non-hydrogen) atoms. The molecule has 0 aromatic heterocycles. The summed E-state index contributed by atoms with van der Waals surface area (Å²) in [5.41, 5.74) is 0. The summed E-state index contributed by atoms with van der Waals surface area (Å²) in [6.45, 7) is 7.20. The summed E-state index contributed by atoms with van der Waals surface area (Å²) >= 11 is 0. The number of allylic oxidation sites excluding steroid dienone is 1. The molecular weight excluding hydrogens is 200 g/mol. The van der Waals surface area contributed by atoms with Gasteiger partial charge in [-0.2, -0.15) is 0 Å². The van der Waals surface area contributed by atoms with Gasteiger partial charge in [-0.25, -0.2) is 0 Å². The van der Waals surface area contributed by atoms with Gasteiger partial charge in [0, 0.05) is 6.61 Å². The minimum Gasteiger partial charge on any atom is -0.408 e. The van der Waals surface area contributed by atoms with Crippen molar-refractivity contribution in [2.45, 2.75) is 25.8 Å². The van der Waals surface area contributed by atoms with Gasteiger partial charge in [0.2, 0.25) is 0 Å². The lowest BCUT2D eigenvalue weighted by Crippen LogP contribution is -2.53. The van der Waals surface area contributed by atoms with Crippen LogP contribution in [0.25, 0.3) is 0 Å². The Morgan fingerprint density at radius 3 is 2.53 bits per heavy atom. The maximum Gasteiger partial charge on any atom is 0.250 e. The molecule has 1 saturated heterocycles. The number of benzene rings is 1. The lowest BCUT2D eigenvalue weighted by molar-refractivity contribution is 0.281. The first-order valence-electron chi connectivity index (χ1n) is 5.61. The van der Waals surface area contributed by atoms with E-state index in [0.29, 0.717) is 0 Å². The fraction of sp³-hybridized carbons (Fsp3) is 0.385. The van der Waals surface area contributed by atoms with Gasteiger partial charge in [-0.3, -0.25) is 0 Å². The van der Waals surface area contributed by atoms with Gasteiger partial charge >= 0.3 is 0 Å². The Labute approximate surface area is 92.9 Å². The summed E-state index contributed by atoms with van der Waals surface area (Å²) in [7, 11) is -1.83. The zero-order valence-electron chi connectivity index (χ0n) is 9.33. The van der Waals surface area contributed by atoms with Gasteiger partial charge in [-0.15, -0.1) is 6.58 Å². The van der Waals surface area contributed by atoms with Crippen LogP contribution in [0.3, 0.4) is 0 Å². The maximum atomic E-state index is 6.15. The average molecular weight is 218 g/mol. The third-order valence-electron chi connectivity index (χ3n) is 3.20. The van der Waals surface area contributed by atoms with Crippen molar-refractivity contribution < 1.29 is 4.43 Å². The molecule has 1 atom stereocenters. The molecule has 1 heterocycles. The predicted octanol–water partition coefficient (Wildman–Crippen LogP) is 2.76. The molecule has 0 N–H and O–H groups in total. The van der Waals surface area contributed by atoms with Gasteiger partial charge in [-0.05, 0) is 24.6 Å². The lowest BCUT2D eigenvalue weighted by Gasteiger charge is -2.35. The van der Waals surface area contributed by atoms with Crippen LogP contribution in [0, 0.1) is 0 Å². The average Bonchev–Trinajstić information content (AvgIpc) is 2.31. The third-order valence-corrected chi connectivity index (χ3v) is 7.60. The number of hydrogen-bond acceptors (Lipinski definition) is 1. The van der Waals surface area contributed by atoms with Gasteiger partial charge in [0.1, 0.15) is 0 Å². The molecule has 0 radical (unpaired) electrons. The van der Waals surface area contributed by atoms with Crippen LogP contribution < -0.4 is 5.19 Å². The summed E-state index contributed by atoms with van der Waals surface area (Å²) in [5.74, 6) is 0. The maximum absolute atomic E-state index is 6.15. The molecule has 0 aliphatic carbocycles. The minimum atomic E-state index is -1.83. The molecule has 1 aromatic carbocycles. The van der Waals surface area contributed by atoms with Crippen molar-refractivity contribution in [2.24, 2.45) is 0 Å². The van der Waals surface area contributed by atoms with Crippen LogP contribution in [0.5, 0.6) is 0 Å². The van der Waals surface area contributed by atoms with Crippen LogP contribution >= 0.6 is 0 Å². The topological polar surface area (TPSA) is 9.23 Å². The van der Waals surface area contributed by atoms with E-state index in [1.54, 1.807) is 0 Å². The first-order chi connectivity index (χ1) is 7.26. The molecule has 0 bridgehead atoms. The van der Waals surface area contributed by atoms with Gasteiger partial charge in [0.25, 0.3) is 8.32 Å². The molecular formula is C13H18OSi. The van der Waals surface area contributed by atoms with Gasteiger partial charge < -0.3 is 4.43 Å². The summed E-state index contributed by atoms with van der Waals surface area (Å²) < 4.78 is 6.15. The van der Waals surface area contributed by atoms with Crippen molar-refractivity contribution in [3.63, 3.8) is 0 Å². The van der Waals surface area contributed by atoms with Crippen molar-refractivity contribution in [1.82, 2.24) is 0 Å². The van der Waals surface area contributed by atoms with E-state index in [-0.39, 0.29) is 0 Å². The Morgan fingerprint density at radius 1 is 1.27 bits per heavy atom. The van der Waals surface area contributed by atoms with Crippen LogP contribution in [-0.2, 0) is 4.43 Å². The standard InChI is InChI=1S/C13H18OSi/c1-12(2)15(11-7-6-10-14-15)13-8-4-3-5-9-13/h3-5,8-9H,1,6-7,10-11H2,2H3. The van der Waals surface area contributed by atoms with Crippen LogP contribution in [0.4, 0.5) is 0 Å². The Hall–Kier alpha value is -0.863. The normalized spacial score (nSPS) is 26.2. The molecule has 0 spiro atoms. The van der Waals surface area contributed by atoms with E-state index in [2.05, 4.69) is 43.8 Å². The van der Waals surface area contributed by atoms with E-state index in [1.165, 1.54) is 29.3 Å². The zero-order chi connectivity index (χ0) is 10.7. The van der Waals surface area contributed by atoms with Crippen molar-refractivity contribution in [1.29, 1.82) is 0 Å². The van der Waals surface area contributed by atoms with Crippen molar-refractivity contribution in [3.05, 3.63) is 42.1 Å². The first-order valence-corrected chi connectivity index (χ1v) is 7.73. The molecule has 1 nitrogen and oxygen atoms in total. The number of rotatable bonds is 2. The second-order valence-corrected chi connectivity index (χ2v) is 8.15. The second kappa shape index (κ2) is 4.33. The molecule has 2 rings (SSSR count). The van der Waals surface area contributed by atoms with Crippen molar-refractivity contribution in [3.8, 4) is 0 Å². The summed E-state index contributed by atoms with van der Waals surface area (Å²) in [4.78, 5) is 0. The smallest absolute Gasteiger partial charge is 0.250 e. The summed E-state index contributed by atoms with van der Waals surface area (Å²) in [6, 6.07) is 11.9. The first kappa shape index (κ1) is 10.6. The molecule has 0 amide bonds. The van der Waals surface area contributed by atoms with Crippen LogP contribution in [0.1, 0.15) is 19.8 Å².